The van der Waals surface area contributed by atoms with E-state index in [4.69, 9.17) is 16.4 Å². The van der Waals surface area contributed by atoms with Crippen LogP contribution in [0.4, 0.5) is 0 Å². The summed E-state index contributed by atoms with van der Waals surface area (Å²) in [5.74, 6) is 2.98. The molecule has 1 aromatic rings. The highest BCUT2D eigenvalue weighted by Crippen LogP contribution is 2.25. The smallest absolute Gasteiger partial charge is 0.238 e. The average molecular weight is 377 g/mol. The minimum Gasteiger partial charge on any atom is -0.474 e. The predicted molar refractivity (Wildman–Crippen MR) is 102 cm³/mol. The normalized spacial score (nSPS) is 26.7. The third-order valence-electron chi connectivity index (χ3n) is 5.38. The number of likely N-dealkylation sites (tertiary alicyclic amines) is 1. The molecule has 2 atom stereocenters. The van der Waals surface area contributed by atoms with E-state index in [0.29, 0.717) is 24.3 Å². The topological polar surface area (TPSA) is 102 Å². The van der Waals surface area contributed by atoms with Crippen LogP contribution in [0.5, 0.6) is 5.88 Å². The minimum absolute atomic E-state index is 0.0579. The van der Waals surface area contributed by atoms with Crippen molar-refractivity contribution in [2.24, 2.45) is 0 Å². The van der Waals surface area contributed by atoms with Crippen LogP contribution in [-0.2, 0) is 4.79 Å². The van der Waals surface area contributed by atoms with Crippen LogP contribution in [0.1, 0.15) is 44.1 Å². The van der Waals surface area contributed by atoms with Gasteiger partial charge in [0.15, 0.2) is 0 Å². The van der Waals surface area contributed by atoms with Crippen LogP contribution in [0, 0.1) is 35.0 Å². The van der Waals surface area contributed by atoms with E-state index in [-0.39, 0.29) is 30.6 Å². The molecule has 0 aromatic carbocycles. The Balaban J connectivity index is 1.44. The molecule has 0 radical (unpaired) electrons. The molecule has 1 aromatic heterocycles. The summed E-state index contributed by atoms with van der Waals surface area (Å²) in [5.41, 5.74) is 0.529. The van der Waals surface area contributed by atoms with Gasteiger partial charge in [0.05, 0.1) is 30.3 Å². The number of carbonyl (C=O) groups is 1. The van der Waals surface area contributed by atoms with Crippen molar-refractivity contribution in [1.29, 1.82) is 10.5 Å². The fourth-order valence-electron chi connectivity index (χ4n) is 3.87. The fourth-order valence-corrected chi connectivity index (χ4v) is 3.87. The zero-order valence-corrected chi connectivity index (χ0v) is 15.7. The Morgan fingerprint density at radius 1 is 1.25 bits per heavy atom. The molecule has 144 valence electrons. The molecular formula is C21H23N5O2. The van der Waals surface area contributed by atoms with E-state index >= 15 is 0 Å². The summed E-state index contributed by atoms with van der Waals surface area (Å²) in [6.07, 6.45) is 11.9. The number of hydrogen-bond donors (Lipinski definition) is 1. The molecule has 1 saturated carbocycles. The second-order valence-electron chi connectivity index (χ2n) is 7.17. The lowest BCUT2D eigenvalue weighted by Gasteiger charge is -2.30. The Kier molecular flexibility index (Phi) is 6.48. The third-order valence-corrected chi connectivity index (χ3v) is 5.38. The third kappa shape index (κ3) is 4.60. The molecule has 2 fully saturated rings. The Morgan fingerprint density at radius 2 is 2.00 bits per heavy atom. The van der Waals surface area contributed by atoms with E-state index in [9.17, 15) is 10.1 Å². The summed E-state index contributed by atoms with van der Waals surface area (Å²) >= 11 is 0. The lowest BCUT2D eigenvalue weighted by Crippen LogP contribution is -2.47. The van der Waals surface area contributed by atoms with Crippen LogP contribution in [0.2, 0.25) is 0 Å². The fraction of sp³-hybridized carbons (Fsp3) is 0.524. The number of pyridine rings is 1. The van der Waals surface area contributed by atoms with Crippen molar-refractivity contribution >= 4 is 5.91 Å². The zero-order valence-electron chi connectivity index (χ0n) is 15.7. The molecule has 7 heteroatoms. The highest BCUT2D eigenvalue weighted by Gasteiger charge is 2.36. The number of nitrogens with one attached hydrogen (secondary N) is 1. The van der Waals surface area contributed by atoms with Gasteiger partial charge in [0.1, 0.15) is 12.1 Å². The van der Waals surface area contributed by atoms with E-state index in [1.807, 2.05) is 0 Å². The molecular weight excluding hydrogens is 354 g/mol. The van der Waals surface area contributed by atoms with Crippen LogP contribution >= 0.6 is 0 Å². The average Bonchev–Trinajstić information content (AvgIpc) is 3.16. The minimum atomic E-state index is -0.420. The Hall–Kier alpha value is -3.08. The molecule has 2 aliphatic rings. The Morgan fingerprint density at radius 3 is 2.68 bits per heavy atom. The van der Waals surface area contributed by atoms with Crippen LogP contribution in [0.25, 0.3) is 0 Å². The molecule has 7 nitrogen and oxygen atoms in total. The molecule has 1 saturated heterocycles. The summed E-state index contributed by atoms with van der Waals surface area (Å²) in [6.45, 7) is 0.193. The van der Waals surface area contributed by atoms with Gasteiger partial charge in [-0.3, -0.25) is 4.79 Å². The lowest BCUT2D eigenvalue weighted by molar-refractivity contribution is -0.131. The van der Waals surface area contributed by atoms with Gasteiger partial charge in [-0.05, 0) is 44.6 Å². The maximum Gasteiger partial charge on any atom is 0.238 e. The molecule has 0 spiro atoms. The Bertz CT molecular complexity index is 804. The van der Waals surface area contributed by atoms with Crippen LogP contribution in [0.3, 0.4) is 0 Å². The summed E-state index contributed by atoms with van der Waals surface area (Å²) in [4.78, 5) is 18.3. The first-order valence-corrected chi connectivity index (χ1v) is 9.57. The van der Waals surface area contributed by atoms with Crippen LogP contribution < -0.4 is 10.1 Å². The van der Waals surface area contributed by atoms with Crippen molar-refractivity contribution in [3.05, 3.63) is 23.9 Å². The summed E-state index contributed by atoms with van der Waals surface area (Å²) in [7, 11) is 0. The number of aromatic nitrogens is 1. The van der Waals surface area contributed by atoms with E-state index < -0.39 is 6.04 Å². The molecule has 0 unspecified atom stereocenters. The first kappa shape index (κ1) is 19.7. The summed E-state index contributed by atoms with van der Waals surface area (Å²) in [5, 5.41) is 21.5. The summed E-state index contributed by atoms with van der Waals surface area (Å²) in [6, 6.07) is 7.08. The standard InChI is InChI=1S/C21H23N5O2/c1-2-17-5-6-18(13-23)26(17)21(27)14-25-16-3-7-19(8-4-16)28-20-11-15(12-22)9-10-24-20/h1,9-11,16-19,25H,3-8,14H2/t16?,17-,18-,19?/m0/s1. The zero-order chi connectivity index (χ0) is 19.9. The summed E-state index contributed by atoms with van der Waals surface area (Å²) < 4.78 is 5.89. The predicted octanol–water partition coefficient (Wildman–Crippen LogP) is 1.75. The van der Waals surface area contributed by atoms with Gasteiger partial charge < -0.3 is 15.0 Å². The van der Waals surface area contributed by atoms with Crippen LogP contribution in [-0.4, -0.2) is 46.6 Å². The SMILES string of the molecule is C#C[C@H]1CC[C@@H](C#N)N1C(=O)CNC1CCC(Oc2cc(C#N)ccn2)CC1. The van der Waals surface area contributed by atoms with Crippen molar-refractivity contribution < 1.29 is 9.53 Å². The number of amides is 1. The van der Waals surface area contributed by atoms with Crippen molar-refractivity contribution in [2.75, 3.05) is 6.54 Å². The first-order valence-electron chi connectivity index (χ1n) is 9.57. The molecule has 3 rings (SSSR count). The van der Waals surface area contributed by atoms with Gasteiger partial charge in [0, 0.05) is 18.3 Å². The molecule has 1 amide bonds. The van der Waals surface area contributed by atoms with Gasteiger partial charge in [-0.15, -0.1) is 6.42 Å². The van der Waals surface area contributed by atoms with Crippen molar-refractivity contribution in [2.45, 2.75) is 62.8 Å². The monoisotopic (exact) mass is 377 g/mol. The largest absolute Gasteiger partial charge is 0.474 e. The van der Waals surface area contributed by atoms with E-state index in [0.717, 1.165) is 25.7 Å². The van der Waals surface area contributed by atoms with E-state index in [1.54, 1.807) is 23.2 Å². The van der Waals surface area contributed by atoms with Gasteiger partial charge in [0.25, 0.3) is 0 Å². The number of ether oxygens (including phenoxy) is 1. The molecule has 28 heavy (non-hydrogen) atoms. The number of nitriles is 2. The highest BCUT2D eigenvalue weighted by atomic mass is 16.5. The van der Waals surface area contributed by atoms with Crippen molar-refractivity contribution in [3.8, 4) is 30.4 Å². The van der Waals surface area contributed by atoms with Crippen molar-refractivity contribution in [1.82, 2.24) is 15.2 Å². The van der Waals surface area contributed by atoms with Crippen molar-refractivity contribution in [3.63, 3.8) is 0 Å². The highest BCUT2D eigenvalue weighted by molar-refractivity contribution is 5.80. The van der Waals surface area contributed by atoms with Gasteiger partial charge in [-0.1, -0.05) is 5.92 Å². The molecule has 1 aliphatic carbocycles. The Labute approximate surface area is 165 Å². The first-order chi connectivity index (χ1) is 13.6. The van der Waals surface area contributed by atoms with Gasteiger partial charge in [0.2, 0.25) is 11.8 Å². The number of carbonyl (C=O) groups excluding carboxylic acids is 1. The van der Waals surface area contributed by atoms with Crippen LogP contribution in [0.15, 0.2) is 18.3 Å². The van der Waals surface area contributed by atoms with Gasteiger partial charge in [-0.2, -0.15) is 10.5 Å². The molecule has 1 N–H and O–H groups in total. The van der Waals surface area contributed by atoms with Gasteiger partial charge >= 0.3 is 0 Å². The quantitative estimate of drug-likeness (QED) is 0.785. The number of terminal acetylenes is 1. The second kappa shape index (κ2) is 9.22. The second-order valence-corrected chi connectivity index (χ2v) is 7.17. The van der Waals surface area contributed by atoms with E-state index in [1.165, 1.54) is 0 Å². The molecule has 0 bridgehead atoms. The lowest BCUT2D eigenvalue weighted by atomic mass is 9.93. The molecule has 2 heterocycles. The van der Waals surface area contributed by atoms with E-state index in [2.05, 4.69) is 28.4 Å². The number of hydrogen-bond acceptors (Lipinski definition) is 6. The molecule has 1 aliphatic heterocycles. The number of nitrogens with zero attached hydrogens (tertiary/aromatic N) is 4. The van der Waals surface area contributed by atoms with Gasteiger partial charge in [-0.25, -0.2) is 4.98 Å². The number of rotatable bonds is 5. The maximum absolute atomic E-state index is 12.5. The maximum atomic E-state index is 12.5.